The third-order valence-corrected chi connectivity index (χ3v) is 13.3. The number of nitrogens with zero attached hydrogens (tertiary/aromatic N) is 2. The van der Waals surface area contributed by atoms with Gasteiger partial charge in [-0.2, -0.15) is 0 Å². The van der Waals surface area contributed by atoms with Gasteiger partial charge in [-0.15, -0.1) is 11.3 Å². The van der Waals surface area contributed by atoms with E-state index in [4.69, 9.17) is 4.98 Å². The molecule has 0 radical (unpaired) electrons. The quantitative estimate of drug-likeness (QED) is 0.168. The predicted molar refractivity (Wildman–Crippen MR) is 204 cm³/mol. The number of rotatable bonds is 6. The number of para-hydroxylation sites is 1. The molecule has 7 aromatic carbocycles. The summed E-state index contributed by atoms with van der Waals surface area (Å²) in [7, 11) is -3.09. The molecule has 0 bridgehead atoms. The summed E-state index contributed by atoms with van der Waals surface area (Å²) >= 11 is 1.77. The average molecular weight is 653 g/mol. The molecular weight excluding hydrogens is 624 g/mol. The molecule has 0 N–H and O–H groups in total. The van der Waals surface area contributed by atoms with E-state index < -0.39 is 7.14 Å². The fourth-order valence-electron chi connectivity index (χ4n) is 6.74. The Morgan fingerprint density at radius 1 is 0.479 bits per heavy atom. The summed E-state index contributed by atoms with van der Waals surface area (Å²) in [5.41, 5.74) is 6.39. The van der Waals surface area contributed by atoms with Crippen LogP contribution in [-0.4, -0.2) is 9.55 Å². The molecule has 0 fully saturated rings. The summed E-state index contributed by atoms with van der Waals surface area (Å²) in [4.78, 5) is 5.18. The third kappa shape index (κ3) is 4.73. The van der Waals surface area contributed by atoms with Gasteiger partial charge in [0.25, 0.3) is 0 Å². The first-order chi connectivity index (χ1) is 23.7. The van der Waals surface area contributed by atoms with Gasteiger partial charge in [-0.1, -0.05) is 121 Å². The molecule has 0 aliphatic heterocycles. The highest BCUT2D eigenvalue weighted by atomic mass is 32.1. The highest BCUT2D eigenvalue weighted by molar-refractivity contribution is 7.85. The van der Waals surface area contributed by atoms with E-state index in [2.05, 4.69) is 108 Å². The van der Waals surface area contributed by atoms with Gasteiger partial charge in [0.1, 0.15) is 5.82 Å². The van der Waals surface area contributed by atoms with Gasteiger partial charge in [0.05, 0.1) is 11.0 Å². The fraction of sp³-hybridized carbons (Fsp3) is 0. The van der Waals surface area contributed by atoms with Crippen molar-refractivity contribution in [1.29, 1.82) is 0 Å². The molecule has 9 rings (SSSR count). The lowest BCUT2D eigenvalue weighted by Gasteiger charge is -2.20. The molecule has 2 aromatic heterocycles. The van der Waals surface area contributed by atoms with Crippen molar-refractivity contribution in [3.8, 4) is 28.2 Å². The molecule has 0 aliphatic rings. The van der Waals surface area contributed by atoms with Crippen molar-refractivity contribution in [3.63, 3.8) is 0 Å². The van der Waals surface area contributed by atoms with Crippen molar-refractivity contribution >= 4 is 65.6 Å². The molecule has 0 amide bonds. The average Bonchev–Trinajstić information content (AvgIpc) is 3.73. The van der Waals surface area contributed by atoms with E-state index in [1.165, 1.54) is 14.8 Å². The van der Waals surface area contributed by atoms with E-state index in [0.29, 0.717) is 0 Å². The Balaban J connectivity index is 1.19. The van der Waals surface area contributed by atoms with Crippen LogP contribution < -0.4 is 15.9 Å². The van der Waals surface area contributed by atoms with Gasteiger partial charge in [-0.25, -0.2) is 4.98 Å². The molecule has 3 nitrogen and oxygen atoms in total. The normalized spacial score (nSPS) is 11.8. The van der Waals surface area contributed by atoms with Crippen molar-refractivity contribution in [2.24, 2.45) is 0 Å². The highest BCUT2D eigenvalue weighted by Crippen LogP contribution is 2.45. The largest absolute Gasteiger partial charge is 0.309 e. The minimum Gasteiger partial charge on any atom is -0.309 e. The van der Waals surface area contributed by atoms with E-state index in [1.54, 1.807) is 11.3 Å². The maximum absolute atomic E-state index is 15.2. The Hall–Kier alpha value is -5.54. The van der Waals surface area contributed by atoms with E-state index in [9.17, 15) is 0 Å². The Morgan fingerprint density at radius 2 is 1.02 bits per heavy atom. The minimum absolute atomic E-state index is 0.842. The lowest BCUT2D eigenvalue weighted by atomic mass is 10.0. The zero-order chi connectivity index (χ0) is 32.1. The number of thiophene rings is 1. The van der Waals surface area contributed by atoms with E-state index in [0.717, 1.165) is 60.5 Å². The van der Waals surface area contributed by atoms with Gasteiger partial charge in [0.15, 0.2) is 7.14 Å². The van der Waals surface area contributed by atoms with E-state index in [1.807, 2.05) is 72.8 Å². The van der Waals surface area contributed by atoms with E-state index in [-0.39, 0.29) is 0 Å². The standard InChI is InChI=1S/C43H29N2OPS/c46-47(34-17-9-3-10-18-34,35-19-11-4-12-20-35)36-23-26-42-38(29-36)37-27-31(22-25-41(37)48-42)32-21-24-40-39(28-32)44-43(30-13-5-1-6-14-30)45(40)33-15-7-2-8-16-33/h1-29H. The number of hydrogen-bond acceptors (Lipinski definition) is 3. The molecule has 5 heteroatoms. The van der Waals surface area contributed by atoms with Gasteiger partial charge >= 0.3 is 0 Å². The SMILES string of the molecule is O=P(c1ccccc1)(c1ccccc1)c1ccc2sc3ccc(-c4ccc5c(c4)nc(-c4ccccc4)n5-c4ccccc4)cc3c2c1. The van der Waals surface area contributed by atoms with Crippen LogP contribution in [0, 0.1) is 0 Å². The first kappa shape index (κ1) is 28.7. The summed E-state index contributed by atoms with van der Waals surface area (Å²) < 4.78 is 19.8. The molecule has 2 heterocycles. The van der Waals surface area contributed by atoms with Crippen molar-refractivity contribution in [1.82, 2.24) is 9.55 Å². The summed E-state index contributed by atoms with van der Waals surface area (Å²) in [6.45, 7) is 0. The second kappa shape index (κ2) is 11.6. The first-order valence-corrected chi connectivity index (χ1v) is 18.5. The molecular formula is C43H29N2OPS. The molecule has 228 valence electrons. The van der Waals surface area contributed by atoms with Crippen molar-refractivity contribution < 1.29 is 4.57 Å². The fourth-order valence-corrected chi connectivity index (χ4v) is 10.5. The van der Waals surface area contributed by atoms with Gasteiger partial charge < -0.3 is 4.57 Å². The number of fused-ring (bicyclic) bond motifs is 4. The number of aromatic nitrogens is 2. The Kier molecular flexibility index (Phi) is 6.93. The van der Waals surface area contributed by atoms with Crippen LogP contribution in [0.2, 0.25) is 0 Å². The van der Waals surface area contributed by atoms with Crippen LogP contribution in [0.25, 0.3) is 59.4 Å². The number of imidazole rings is 1. The highest BCUT2D eigenvalue weighted by Gasteiger charge is 2.30. The van der Waals surface area contributed by atoms with Crippen molar-refractivity contribution in [2.45, 2.75) is 0 Å². The zero-order valence-electron chi connectivity index (χ0n) is 25.9. The Labute approximate surface area is 282 Å². The van der Waals surface area contributed by atoms with Gasteiger partial charge in [0, 0.05) is 47.3 Å². The number of benzene rings is 7. The molecule has 9 aromatic rings. The third-order valence-electron chi connectivity index (χ3n) is 9.09. The zero-order valence-corrected chi connectivity index (χ0v) is 27.6. The maximum atomic E-state index is 15.2. The molecule has 0 saturated heterocycles. The molecule has 0 unspecified atom stereocenters. The molecule has 48 heavy (non-hydrogen) atoms. The Morgan fingerprint density at radius 3 is 1.69 bits per heavy atom. The lowest BCUT2D eigenvalue weighted by Crippen LogP contribution is -2.24. The van der Waals surface area contributed by atoms with Crippen LogP contribution in [0.4, 0.5) is 0 Å². The van der Waals surface area contributed by atoms with Crippen LogP contribution in [0.15, 0.2) is 176 Å². The summed E-state index contributed by atoms with van der Waals surface area (Å²) in [6, 6.07) is 60.2. The van der Waals surface area contributed by atoms with Crippen LogP contribution in [-0.2, 0) is 4.57 Å². The molecule has 0 saturated carbocycles. The van der Waals surface area contributed by atoms with Gasteiger partial charge in [0.2, 0.25) is 0 Å². The molecule has 0 aliphatic carbocycles. The summed E-state index contributed by atoms with van der Waals surface area (Å²) in [5, 5.41) is 4.82. The second-order valence-corrected chi connectivity index (χ2v) is 15.8. The van der Waals surface area contributed by atoms with Gasteiger partial charge in [-0.05, 0) is 65.7 Å². The summed E-state index contributed by atoms with van der Waals surface area (Å²) in [5.74, 6) is 0.919. The van der Waals surface area contributed by atoms with Crippen LogP contribution >= 0.6 is 18.5 Å². The lowest BCUT2D eigenvalue weighted by molar-refractivity contribution is 0.592. The van der Waals surface area contributed by atoms with Crippen molar-refractivity contribution in [3.05, 3.63) is 176 Å². The smallest absolute Gasteiger partial charge is 0.171 e. The van der Waals surface area contributed by atoms with Crippen LogP contribution in [0.3, 0.4) is 0 Å². The van der Waals surface area contributed by atoms with Crippen LogP contribution in [0.1, 0.15) is 0 Å². The second-order valence-electron chi connectivity index (χ2n) is 11.9. The van der Waals surface area contributed by atoms with Crippen molar-refractivity contribution in [2.75, 3.05) is 0 Å². The molecule has 0 spiro atoms. The topological polar surface area (TPSA) is 34.9 Å². The first-order valence-electron chi connectivity index (χ1n) is 16.0. The predicted octanol–water partition coefficient (Wildman–Crippen LogP) is 10.4. The maximum Gasteiger partial charge on any atom is 0.171 e. The monoisotopic (exact) mass is 652 g/mol. The molecule has 0 atom stereocenters. The summed E-state index contributed by atoms with van der Waals surface area (Å²) in [6.07, 6.45) is 0. The number of hydrogen-bond donors (Lipinski definition) is 0. The minimum atomic E-state index is -3.09. The van der Waals surface area contributed by atoms with E-state index >= 15 is 4.57 Å². The Bertz CT molecular complexity index is 2590. The van der Waals surface area contributed by atoms with Crippen LogP contribution in [0.5, 0.6) is 0 Å². The van der Waals surface area contributed by atoms with Gasteiger partial charge in [-0.3, -0.25) is 4.57 Å².